The lowest BCUT2D eigenvalue weighted by atomic mass is 10.2. The molecule has 1 aromatic carbocycles. The maximum Gasteiger partial charge on any atom is 0.254 e. The molecule has 0 fully saturated rings. The van der Waals surface area contributed by atoms with Crippen molar-refractivity contribution in [3.8, 4) is 0 Å². The van der Waals surface area contributed by atoms with Crippen LogP contribution in [-0.4, -0.2) is 17.4 Å². The molecular formula is C13H12BrFN2OS. The summed E-state index contributed by atoms with van der Waals surface area (Å²) < 4.78 is 14.2. The number of rotatable bonds is 4. The molecule has 0 unspecified atom stereocenters. The van der Waals surface area contributed by atoms with Crippen LogP contribution in [0.4, 0.5) is 4.39 Å². The molecule has 6 heteroatoms. The molecule has 2 rings (SSSR count). The number of halogens is 2. The van der Waals surface area contributed by atoms with Crippen molar-refractivity contribution in [3.63, 3.8) is 0 Å². The van der Waals surface area contributed by atoms with Crippen LogP contribution >= 0.6 is 27.3 Å². The van der Waals surface area contributed by atoms with E-state index in [1.54, 1.807) is 17.4 Å². The number of nitrogens with zero attached hydrogens (tertiary/aromatic N) is 1. The summed E-state index contributed by atoms with van der Waals surface area (Å²) in [7, 11) is 0. The molecule has 0 aliphatic heterocycles. The quantitative estimate of drug-likeness (QED) is 0.925. The number of carbonyl (C=O) groups excluding carboxylic acids is 1. The summed E-state index contributed by atoms with van der Waals surface area (Å²) in [6.07, 6.45) is 0.645. The van der Waals surface area contributed by atoms with Gasteiger partial charge in [0.25, 0.3) is 5.91 Å². The normalized spacial score (nSPS) is 10.5. The Bertz CT molecular complexity index is 600. The molecule has 0 saturated heterocycles. The molecule has 100 valence electrons. The number of hydrogen-bond donors (Lipinski definition) is 1. The summed E-state index contributed by atoms with van der Waals surface area (Å²) in [6, 6.07) is 4.30. The molecule has 0 saturated carbocycles. The summed E-state index contributed by atoms with van der Waals surface area (Å²) in [6.45, 7) is 2.37. The number of nitrogens with one attached hydrogen (secondary N) is 1. The molecule has 3 nitrogen and oxygen atoms in total. The van der Waals surface area contributed by atoms with E-state index in [0.717, 1.165) is 10.7 Å². The minimum atomic E-state index is -0.523. The van der Waals surface area contributed by atoms with Crippen LogP contribution in [0.3, 0.4) is 0 Å². The van der Waals surface area contributed by atoms with Gasteiger partial charge in [0.05, 0.1) is 16.3 Å². The first-order chi connectivity index (χ1) is 9.06. The molecule has 0 spiro atoms. The average Bonchev–Trinajstić information content (AvgIpc) is 2.78. The summed E-state index contributed by atoms with van der Waals surface area (Å²) >= 11 is 4.79. The molecular weight excluding hydrogens is 331 g/mol. The molecule has 1 amide bonds. The number of aromatic nitrogens is 1. The molecule has 1 aromatic heterocycles. The van der Waals surface area contributed by atoms with Crippen LogP contribution in [-0.2, 0) is 6.42 Å². The fourth-order valence-corrected chi connectivity index (χ4v) is 2.60. The minimum Gasteiger partial charge on any atom is -0.352 e. The van der Waals surface area contributed by atoms with Gasteiger partial charge in [0, 0.05) is 22.8 Å². The number of thiazole rings is 1. The molecule has 1 N–H and O–H groups in total. The Labute approximate surface area is 123 Å². The lowest BCUT2D eigenvalue weighted by Gasteiger charge is -2.05. The van der Waals surface area contributed by atoms with Gasteiger partial charge in [0.15, 0.2) is 0 Å². The van der Waals surface area contributed by atoms with Gasteiger partial charge in [0.2, 0.25) is 0 Å². The summed E-state index contributed by atoms with van der Waals surface area (Å²) in [5.74, 6) is -0.934. The summed E-state index contributed by atoms with van der Waals surface area (Å²) in [5.41, 5.74) is 0.987. The van der Waals surface area contributed by atoms with Gasteiger partial charge in [0.1, 0.15) is 5.82 Å². The zero-order valence-corrected chi connectivity index (χ0v) is 12.6. The van der Waals surface area contributed by atoms with Gasteiger partial charge in [-0.1, -0.05) is 15.9 Å². The van der Waals surface area contributed by atoms with Gasteiger partial charge in [-0.2, -0.15) is 0 Å². The van der Waals surface area contributed by atoms with E-state index in [2.05, 4.69) is 26.2 Å². The third kappa shape index (κ3) is 3.84. The molecule has 0 aliphatic carbocycles. The Hall–Kier alpha value is -1.27. The highest BCUT2D eigenvalue weighted by Gasteiger charge is 2.11. The standard InChI is InChI=1S/C13H12BrFN2OS/c1-8-17-10(7-19-8)4-5-16-13(18)11-6-9(14)2-3-12(11)15/h2-3,6-7H,4-5H2,1H3,(H,16,18). The second-order valence-electron chi connectivity index (χ2n) is 3.99. The van der Waals surface area contributed by atoms with Crippen LogP contribution in [0.15, 0.2) is 28.1 Å². The van der Waals surface area contributed by atoms with Crippen molar-refractivity contribution in [3.05, 3.63) is 50.1 Å². The maximum atomic E-state index is 13.5. The van der Waals surface area contributed by atoms with Crippen LogP contribution in [0.2, 0.25) is 0 Å². The zero-order chi connectivity index (χ0) is 13.8. The first kappa shape index (κ1) is 14.1. The number of hydrogen-bond acceptors (Lipinski definition) is 3. The van der Waals surface area contributed by atoms with Crippen molar-refractivity contribution in [1.29, 1.82) is 0 Å². The second kappa shape index (κ2) is 6.25. The fraction of sp³-hybridized carbons (Fsp3) is 0.231. The highest BCUT2D eigenvalue weighted by Crippen LogP contribution is 2.15. The molecule has 0 atom stereocenters. The zero-order valence-electron chi connectivity index (χ0n) is 10.2. The second-order valence-corrected chi connectivity index (χ2v) is 5.97. The lowest BCUT2D eigenvalue weighted by molar-refractivity contribution is 0.0950. The predicted octanol–water partition coefficient (Wildman–Crippen LogP) is 3.33. The van der Waals surface area contributed by atoms with Gasteiger partial charge < -0.3 is 5.32 Å². The monoisotopic (exact) mass is 342 g/mol. The van der Waals surface area contributed by atoms with Crippen molar-refractivity contribution in [2.24, 2.45) is 0 Å². The van der Waals surface area contributed by atoms with E-state index >= 15 is 0 Å². The average molecular weight is 343 g/mol. The smallest absolute Gasteiger partial charge is 0.254 e. The Morgan fingerprint density at radius 1 is 1.53 bits per heavy atom. The van der Waals surface area contributed by atoms with Crippen molar-refractivity contribution in [2.75, 3.05) is 6.54 Å². The summed E-state index contributed by atoms with van der Waals surface area (Å²) in [5, 5.41) is 5.65. The van der Waals surface area contributed by atoms with Crippen LogP contribution in [0, 0.1) is 12.7 Å². The predicted molar refractivity (Wildman–Crippen MR) is 77.0 cm³/mol. The van der Waals surface area contributed by atoms with Crippen molar-refractivity contribution >= 4 is 33.2 Å². The van der Waals surface area contributed by atoms with E-state index < -0.39 is 11.7 Å². The van der Waals surface area contributed by atoms with Crippen LogP contribution in [0.5, 0.6) is 0 Å². The van der Waals surface area contributed by atoms with E-state index in [1.807, 2.05) is 12.3 Å². The van der Waals surface area contributed by atoms with Crippen molar-refractivity contribution in [2.45, 2.75) is 13.3 Å². The summed E-state index contributed by atoms with van der Waals surface area (Å²) in [4.78, 5) is 16.1. The van der Waals surface area contributed by atoms with E-state index in [1.165, 1.54) is 12.1 Å². The number of benzene rings is 1. The first-order valence-corrected chi connectivity index (χ1v) is 7.38. The van der Waals surface area contributed by atoms with Gasteiger partial charge in [-0.25, -0.2) is 9.37 Å². The van der Waals surface area contributed by atoms with E-state index in [-0.39, 0.29) is 5.56 Å². The molecule has 2 aromatic rings. The molecule has 19 heavy (non-hydrogen) atoms. The number of carbonyl (C=O) groups is 1. The number of aryl methyl sites for hydroxylation is 1. The highest BCUT2D eigenvalue weighted by atomic mass is 79.9. The minimum absolute atomic E-state index is 0.0452. The molecule has 0 aliphatic rings. The van der Waals surface area contributed by atoms with E-state index in [0.29, 0.717) is 17.4 Å². The molecule has 1 heterocycles. The van der Waals surface area contributed by atoms with Crippen molar-refractivity contribution in [1.82, 2.24) is 10.3 Å². The Kier molecular flexibility index (Phi) is 4.66. The SMILES string of the molecule is Cc1nc(CCNC(=O)c2cc(Br)ccc2F)cs1. The van der Waals surface area contributed by atoms with Gasteiger partial charge >= 0.3 is 0 Å². The van der Waals surface area contributed by atoms with Gasteiger partial charge in [-0.15, -0.1) is 11.3 Å². The van der Waals surface area contributed by atoms with Crippen LogP contribution in [0.1, 0.15) is 21.1 Å². The lowest BCUT2D eigenvalue weighted by Crippen LogP contribution is -2.26. The topological polar surface area (TPSA) is 42.0 Å². The third-order valence-corrected chi connectivity index (χ3v) is 3.82. The highest BCUT2D eigenvalue weighted by molar-refractivity contribution is 9.10. The van der Waals surface area contributed by atoms with E-state index in [9.17, 15) is 9.18 Å². The molecule has 0 radical (unpaired) electrons. The van der Waals surface area contributed by atoms with Gasteiger partial charge in [-0.05, 0) is 25.1 Å². The number of amides is 1. The maximum absolute atomic E-state index is 13.5. The fourth-order valence-electron chi connectivity index (χ4n) is 1.59. The van der Waals surface area contributed by atoms with Crippen LogP contribution in [0.25, 0.3) is 0 Å². The molecule has 0 bridgehead atoms. The Balaban J connectivity index is 1.92. The Morgan fingerprint density at radius 3 is 3.00 bits per heavy atom. The largest absolute Gasteiger partial charge is 0.352 e. The Morgan fingerprint density at radius 2 is 2.32 bits per heavy atom. The van der Waals surface area contributed by atoms with Crippen molar-refractivity contribution < 1.29 is 9.18 Å². The first-order valence-electron chi connectivity index (χ1n) is 5.70. The van der Waals surface area contributed by atoms with Gasteiger partial charge in [-0.3, -0.25) is 4.79 Å². The third-order valence-electron chi connectivity index (χ3n) is 2.51. The van der Waals surface area contributed by atoms with E-state index in [4.69, 9.17) is 0 Å². The van der Waals surface area contributed by atoms with Crippen LogP contribution < -0.4 is 5.32 Å².